The van der Waals surface area contributed by atoms with Crippen molar-refractivity contribution in [1.29, 1.82) is 0 Å². The van der Waals surface area contributed by atoms with Gasteiger partial charge in [-0.2, -0.15) is 0 Å². The van der Waals surface area contributed by atoms with E-state index in [9.17, 15) is 0 Å². The molecule has 0 N–H and O–H groups in total. The first-order chi connectivity index (χ1) is 9.99. The van der Waals surface area contributed by atoms with Gasteiger partial charge in [-0.15, -0.1) is 0 Å². The van der Waals surface area contributed by atoms with Crippen LogP contribution < -0.4 is 0 Å². The fourth-order valence-corrected chi connectivity index (χ4v) is 4.91. The molecule has 2 aliphatic rings. The van der Waals surface area contributed by atoms with Gasteiger partial charge in [0.1, 0.15) is 0 Å². The highest BCUT2D eigenvalue weighted by atomic mass is 14.5. The Labute approximate surface area is 136 Å². The summed E-state index contributed by atoms with van der Waals surface area (Å²) in [5, 5.41) is 0. The Kier molecular flexibility index (Phi) is 9.90. The fourth-order valence-electron chi connectivity index (χ4n) is 4.91. The van der Waals surface area contributed by atoms with Gasteiger partial charge in [-0.1, -0.05) is 75.2 Å². The first kappa shape index (κ1) is 21.0. The van der Waals surface area contributed by atoms with Crippen molar-refractivity contribution >= 4 is 0 Å². The Morgan fingerprint density at radius 1 is 0.952 bits per heavy atom. The Morgan fingerprint density at radius 3 is 2.05 bits per heavy atom. The molecule has 6 atom stereocenters. The molecule has 0 aromatic heterocycles. The van der Waals surface area contributed by atoms with E-state index in [0.29, 0.717) is 5.41 Å². The Bertz CT molecular complexity index is 257. The van der Waals surface area contributed by atoms with Gasteiger partial charge in [-0.3, -0.25) is 0 Å². The van der Waals surface area contributed by atoms with Gasteiger partial charge in [0, 0.05) is 0 Å². The van der Waals surface area contributed by atoms with E-state index in [1.807, 2.05) is 27.7 Å². The van der Waals surface area contributed by atoms with Crippen molar-refractivity contribution in [2.45, 2.75) is 101 Å². The van der Waals surface area contributed by atoms with Crippen molar-refractivity contribution in [3.63, 3.8) is 0 Å². The predicted molar refractivity (Wildman–Crippen MR) is 98.7 cm³/mol. The second-order valence-electron chi connectivity index (χ2n) is 7.50. The minimum absolute atomic E-state index is 0.657. The molecular weight excluding hydrogens is 252 g/mol. The lowest BCUT2D eigenvalue weighted by atomic mass is 9.50. The third-order valence-electron chi connectivity index (χ3n) is 6.71. The maximum atomic E-state index is 2.62. The minimum atomic E-state index is 0.657. The summed E-state index contributed by atoms with van der Waals surface area (Å²) < 4.78 is 0. The molecule has 0 aliphatic heterocycles. The summed E-state index contributed by atoms with van der Waals surface area (Å²) in [6.45, 7) is 20.5. The van der Waals surface area contributed by atoms with E-state index in [4.69, 9.17) is 0 Å². The van der Waals surface area contributed by atoms with E-state index in [1.54, 1.807) is 0 Å². The summed E-state index contributed by atoms with van der Waals surface area (Å²) in [6, 6.07) is 0. The molecule has 128 valence electrons. The van der Waals surface area contributed by atoms with Crippen molar-refractivity contribution in [3.05, 3.63) is 0 Å². The Morgan fingerprint density at radius 2 is 1.52 bits per heavy atom. The molecule has 6 unspecified atom stereocenters. The lowest BCUT2D eigenvalue weighted by molar-refractivity contribution is -0.0539. The van der Waals surface area contributed by atoms with Crippen LogP contribution >= 0.6 is 0 Å². The fraction of sp³-hybridized carbons (Fsp3) is 1.00. The molecule has 0 saturated heterocycles. The molecule has 21 heavy (non-hydrogen) atoms. The standard InChI is InChI=1S/C17H32.2C2H6/c1-6-12(2)15-9-10-16-13(3)7-8-14(4)17(16,5)11-15;2*1-2/h12-16H,6-11H2,1-5H3;2*1-2H3. The first-order valence-corrected chi connectivity index (χ1v) is 9.99. The molecule has 2 saturated carbocycles. The number of fused-ring (bicyclic) bond motifs is 1. The zero-order chi connectivity index (χ0) is 16.6. The number of hydrogen-bond donors (Lipinski definition) is 0. The van der Waals surface area contributed by atoms with Gasteiger partial charge in [0.25, 0.3) is 0 Å². The van der Waals surface area contributed by atoms with Crippen molar-refractivity contribution < 1.29 is 0 Å². The van der Waals surface area contributed by atoms with E-state index >= 15 is 0 Å². The van der Waals surface area contributed by atoms with Gasteiger partial charge < -0.3 is 0 Å². The summed E-state index contributed by atoms with van der Waals surface area (Å²) in [4.78, 5) is 0. The van der Waals surface area contributed by atoms with Crippen molar-refractivity contribution in [1.82, 2.24) is 0 Å². The molecule has 0 amide bonds. The van der Waals surface area contributed by atoms with Crippen molar-refractivity contribution in [2.75, 3.05) is 0 Å². The molecule has 0 radical (unpaired) electrons. The molecule has 2 fully saturated rings. The summed E-state index contributed by atoms with van der Waals surface area (Å²) in [5.41, 5.74) is 0.657. The molecule has 0 heteroatoms. The highest BCUT2D eigenvalue weighted by molar-refractivity contribution is 4.98. The Hall–Kier alpha value is 0. The second kappa shape index (κ2) is 9.90. The molecule has 2 rings (SSSR count). The van der Waals surface area contributed by atoms with Gasteiger partial charge in [-0.25, -0.2) is 0 Å². The molecule has 0 aromatic carbocycles. The van der Waals surface area contributed by atoms with E-state index in [0.717, 1.165) is 29.6 Å². The molecule has 0 heterocycles. The monoisotopic (exact) mass is 296 g/mol. The van der Waals surface area contributed by atoms with Gasteiger partial charge in [0.15, 0.2) is 0 Å². The quantitative estimate of drug-likeness (QED) is 0.493. The maximum Gasteiger partial charge on any atom is -0.0267 e. The van der Waals surface area contributed by atoms with Crippen LogP contribution in [-0.4, -0.2) is 0 Å². The van der Waals surface area contributed by atoms with Gasteiger partial charge in [0.2, 0.25) is 0 Å². The highest BCUT2D eigenvalue weighted by Gasteiger charge is 2.48. The number of hydrogen-bond acceptors (Lipinski definition) is 0. The van der Waals surface area contributed by atoms with E-state index < -0.39 is 0 Å². The summed E-state index contributed by atoms with van der Waals surface area (Å²) in [7, 11) is 0. The van der Waals surface area contributed by atoms with Crippen LogP contribution in [0, 0.1) is 35.0 Å². The van der Waals surface area contributed by atoms with Crippen LogP contribution in [-0.2, 0) is 0 Å². The molecule has 0 nitrogen and oxygen atoms in total. The Balaban J connectivity index is 0.000000921. The van der Waals surface area contributed by atoms with E-state index in [2.05, 4.69) is 34.6 Å². The zero-order valence-electron chi connectivity index (χ0n) is 16.6. The lowest BCUT2D eigenvalue weighted by Crippen LogP contribution is -2.46. The number of rotatable bonds is 2. The summed E-state index contributed by atoms with van der Waals surface area (Å²) in [5.74, 6) is 4.91. The normalized spacial score (nSPS) is 39.9. The maximum absolute atomic E-state index is 2.62. The SMILES string of the molecule is CC.CC.CCC(C)C1CCC2C(C)CCC(C)C2(C)C1. The largest absolute Gasteiger partial charge is 0.0683 e. The molecule has 0 aromatic rings. The molecule has 0 spiro atoms. The van der Waals surface area contributed by atoms with Crippen LogP contribution in [0.5, 0.6) is 0 Å². The topological polar surface area (TPSA) is 0 Å². The predicted octanol–water partition coefficient (Wildman–Crippen LogP) is 7.57. The first-order valence-electron chi connectivity index (χ1n) is 9.99. The second-order valence-corrected chi connectivity index (χ2v) is 7.50. The molecule has 0 bridgehead atoms. The van der Waals surface area contributed by atoms with Crippen LogP contribution in [0.25, 0.3) is 0 Å². The third kappa shape index (κ3) is 4.73. The van der Waals surface area contributed by atoms with Crippen LogP contribution in [0.3, 0.4) is 0 Å². The lowest BCUT2D eigenvalue weighted by Gasteiger charge is -2.55. The van der Waals surface area contributed by atoms with E-state index in [1.165, 1.54) is 38.5 Å². The summed E-state index contributed by atoms with van der Waals surface area (Å²) >= 11 is 0. The third-order valence-corrected chi connectivity index (χ3v) is 6.71. The van der Waals surface area contributed by atoms with Crippen LogP contribution in [0.1, 0.15) is 101 Å². The van der Waals surface area contributed by atoms with E-state index in [-0.39, 0.29) is 0 Å². The molecule has 2 aliphatic carbocycles. The van der Waals surface area contributed by atoms with Crippen LogP contribution in [0.15, 0.2) is 0 Å². The smallest absolute Gasteiger partial charge is 0.0267 e. The molecular formula is C21H44. The highest BCUT2D eigenvalue weighted by Crippen LogP contribution is 2.57. The van der Waals surface area contributed by atoms with Gasteiger partial charge in [-0.05, 0) is 60.7 Å². The average Bonchev–Trinajstić information content (AvgIpc) is 2.54. The van der Waals surface area contributed by atoms with Crippen LogP contribution in [0.4, 0.5) is 0 Å². The van der Waals surface area contributed by atoms with Crippen LogP contribution in [0.2, 0.25) is 0 Å². The van der Waals surface area contributed by atoms with Gasteiger partial charge in [0.05, 0.1) is 0 Å². The van der Waals surface area contributed by atoms with Crippen molar-refractivity contribution in [3.8, 4) is 0 Å². The van der Waals surface area contributed by atoms with Crippen molar-refractivity contribution in [2.24, 2.45) is 35.0 Å². The minimum Gasteiger partial charge on any atom is -0.0683 e. The van der Waals surface area contributed by atoms with Gasteiger partial charge >= 0.3 is 0 Å². The summed E-state index contributed by atoms with van der Waals surface area (Å²) in [6.07, 6.45) is 8.85. The average molecular weight is 297 g/mol. The zero-order valence-corrected chi connectivity index (χ0v) is 16.6.